The lowest BCUT2D eigenvalue weighted by atomic mass is 10.1. The second kappa shape index (κ2) is 10.7. The molecular formula is C24H21Cl2N3O6S. The molecule has 0 aliphatic carbocycles. The second-order valence-electron chi connectivity index (χ2n) is 7.88. The van der Waals surface area contributed by atoms with Crippen LogP contribution in [-0.2, 0) is 19.6 Å². The Morgan fingerprint density at radius 3 is 2.42 bits per heavy atom. The molecule has 0 aliphatic rings. The molecule has 1 N–H and O–H groups in total. The number of hydrogen-bond acceptors (Lipinski definition) is 7. The predicted molar refractivity (Wildman–Crippen MR) is 137 cm³/mol. The molecule has 0 unspecified atom stereocenters. The molecule has 0 radical (unpaired) electrons. The van der Waals surface area contributed by atoms with Crippen LogP contribution in [0, 0.1) is 0 Å². The normalized spacial score (nSPS) is 11.5. The van der Waals surface area contributed by atoms with Crippen LogP contribution in [0.3, 0.4) is 0 Å². The van der Waals surface area contributed by atoms with Crippen LogP contribution in [0.25, 0.3) is 22.2 Å². The zero-order chi connectivity index (χ0) is 25.9. The minimum absolute atomic E-state index is 0.142. The maximum atomic E-state index is 13.6. The van der Waals surface area contributed by atoms with Crippen molar-refractivity contribution < 1.29 is 22.5 Å². The quantitative estimate of drug-likeness (QED) is 0.229. The molecular weight excluding hydrogens is 529 g/mol. The number of fused-ring (bicyclic) bond motifs is 1. The first-order valence-electron chi connectivity index (χ1n) is 10.9. The number of unbranched alkanes of at least 4 members (excludes halogenated alkanes) is 1. The first-order valence-corrected chi connectivity index (χ1v) is 13.1. The van der Waals surface area contributed by atoms with Crippen LogP contribution in [0.15, 0.2) is 68.8 Å². The van der Waals surface area contributed by atoms with Gasteiger partial charge in [0.1, 0.15) is 6.54 Å². The fraction of sp³-hybridized carbons (Fsp3) is 0.208. The Labute approximate surface area is 216 Å². The highest BCUT2D eigenvalue weighted by Gasteiger charge is 2.29. The summed E-state index contributed by atoms with van der Waals surface area (Å²) in [7, 11) is -4.24. The fourth-order valence-corrected chi connectivity index (χ4v) is 5.63. The maximum absolute atomic E-state index is 13.6. The van der Waals surface area contributed by atoms with Crippen molar-refractivity contribution in [1.29, 1.82) is 0 Å². The summed E-state index contributed by atoms with van der Waals surface area (Å²) in [6.45, 7) is 1.60. The third-order valence-corrected chi connectivity index (χ3v) is 7.47. The highest BCUT2D eigenvalue weighted by atomic mass is 35.5. The molecule has 0 spiro atoms. The SMILES string of the molecule is CCCCOC(=O)CN(c1ccc2cc(-c3noc(=O)[nH]3)ccc2c1)S(=O)(=O)c1cc(Cl)cc(Cl)c1. The van der Waals surface area contributed by atoms with Crippen molar-refractivity contribution in [2.45, 2.75) is 24.7 Å². The molecule has 1 aromatic heterocycles. The number of aromatic nitrogens is 2. The fourth-order valence-electron chi connectivity index (χ4n) is 3.50. The van der Waals surface area contributed by atoms with E-state index in [0.29, 0.717) is 17.4 Å². The van der Waals surface area contributed by atoms with E-state index in [9.17, 15) is 18.0 Å². The van der Waals surface area contributed by atoms with Gasteiger partial charge in [0, 0.05) is 15.6 Å². The number of sulfonamides is 1. The van der Waals surface area contributed by atoms with Gasteiger partial charge in [-0.2, -0.15) is 0 Å². The van der Waals surface area contributed by atoms with Crippen molar-refractivity contribution >= 4 is 55.7 Å². The smallest absolute Gasteiger partial charge is 0.439 e. The van der Waals surface area contributed by atoms with Gasteiger partial charge in [-0.15, -0.1) is 0 Å². The Bertz CT molecular complexity index is 1560. The molecule has 12 heteroatoms. The molecule has 0 atom stereocenters. The Morgan fingerprint density at radius 1 is 1.06 bits per heavy atom. The Balaban J connectivity index is 1.75. The number of nitrogens with one attached hydrogen (secondary N) is 1. The zero-order valence-electron chi connectivity index (χ0n) is 19.0. The van der Waals surface area contributed by atoms with Crippen molar-refractivity contribution in [1.82, 2.24) is 10.1 Å². The average molecular weight is 550 g/mol. The molecule has 4 aromatic rings. The zero-order valence-corrected chi connectivity index (χ0v) is 21.4. The van der Waals surface area contributed by atoms with Crippen molar-refractivity contribution in [2.75, 3.05) is 17.5 Å². The minimum Gasteiger partial charge on any atom is -0.464 e. The molecule has 9 nitrogen and oxygen atoms in total. The number of esters is 1. The number of anilines is 1. The van der Waals surface area contributed by atoms with Gasteiger partial charge in [0.15, 0.2) is 5.82 Å². The maximum Gasteiger partial charge on any atom is 0.439 e. The molecule has 0 aliphatic heterocycles. The summed E-state index contributed by atoms with van der Waals surface area (Å²) in [5.74, 6) is -1.10. The van der Waals surface area contributed by atoms with Crippen LogP contribution in [0.4, 0.5) is 5.69 Å². The Hall–Kier alpha value is -3.34. The summed E-state index contributed by atoms with van der Waals surface area (Å²) in [4.78, 5) is 26.1. The van der Waals surface area contributed by atoms with Crippen LogP contribution >= 0.6 is 23.2 Å². The first-order chi connectivity index (χ1) is 17.2. The van der Waals surface area contributed by atoms with E-state index >= 15 is 0 Å². The third-order valence-electron chi connectivity index (χ3n) is 5.28. The third kappa shape index (κ3) is 5.72. The van der Waals surface area contributed by atoms with E-state index in [2.05, 4.69) is 14.7 Å². The molecule has 188 valence electrons. The summed E-state index contributed by atoms with van der Waals surface area (Å²) in [6.07, 6.45) is 1.49. The predicted octanol–water partition coefficient (Wildman–Crippen LogP) is 5.03. The van der Waals surface area contributed by atoms with Gasteiger partial charge in [0.05, 0.1) is 17.2 Å². The number of rotatable bonds is 9. The molecule has 0 saturated carbocycles. The monoisotopic (exact) mass is 549 g/mol. The van der Waals surface area contributed by atoms with E-state index in [4.69, 9.17) is 27.9 Å². The minimum atomic E-state index is -4.24. The first kappa shape index (κ1) is 25.7. The summed E-state index contributed by atoms with van der Waals surface area (Å²) < 4.78 is 38.0. The Kier molecular flexibility index (Phi) is 7.67. The number of carbonyl (C=O) groups excluding carboxylic acids is 1. The number of hydrogen-bond donors (Lipinski definition) is 1. The number of nitrogens with zero attached hydrogens (tertiary/aromatic N) is 2. The van der Waals surface area contributed by atoms with Crippen molar-refractivity contribution in [3.05, 3.63) is 75.2 Å². The van der Waals surface area contributed by atoms with Gasteiger partial charge in [-0.3, -0.25) is 18.6 Å². The molecule has 4 rings (SSSR count). The number of benzene rings is 3. The van der Waals surface area contributed by atoms with E-state index in [-0.39, 0.29) is 33.1 Å². The van der Waals surface area contributed by atoms with Crippen LogP contribution in [-0.4, -0.2) is 37.7 Å². The Morgan fingerprint density at radius 2 is 1.75 bits per heavy atom. The van der Waals surface area contributed by atoms with E-state index in [1.807, 2.05) is 6.92 Å². The number of halogens is 2. The highest BCUT2D eigenvalue weighted by Crippen LogP contribution is 2.31. The van der Waals surface area contributed by atoms with Gasteiger partial charge in [0.2, 0.25) is 0 Å². The lowest BCUT2D eigenvalue weighted by molar-refractivity contribution is -0.141. The van der Waals surface area contributed by atoms with Crippen LogP contribution < -0.4 is 10.1 Å². The topological polar surface area (TPSA) is 123 Å². The largest absolute Gasteiger partial charge is 0.464 e. The second-order valence-corrected chi connectivity index (χ2v) is 10.6. The van der Waals surface area contributed by atoms with Crippen molar-refractivity contribution in [2.24, 2.45) is 0 Å². The van der Waals surface area contributed by atoms with Gasteiger partial charge in [-0.05, 0) is 53.6 Å². The molecule has 0 bridgehead atoms. The van der Waals surface area contributed by atoms with Crippen molar-refractivity contribution in [3.63, 3.8) is 0 Å². The van der Waals surface area contributed by atoms with Gasteiger partial charge in [-0.1, -0.05) is 59.9 Å². The summed E-state index contributed by atoms with van der Waals surface area (Å²) >= 11 is 12.1. The van der Waals surface area contributed by atoms with E-state index in [0.717, 1.165) is 16.1 Å². The van der Waals surface area contributed by atoms with Crippen LogP contribution in [0.5, 0.6) is 0 Å². The standard InChI is InChI=1S/C24H21Cl2N3O6S/c1-2-3-8-34-22(30)14-29(36(32,33)21-12-18(25)11-19(26)13-21)20-7-6-15-9-17(5-4-16(15)10-20)23-27-24(31)35-28-23/h4-7,9-13H,2-3,8,14H2,1H3,(H,27,28,31). The molecule has 0 fully saturated rings. The molecule has 1 heterocycles. The van der Waals surface area contributed by atoms with Gasteiger partial charge in [-0.25, -0.2) is 13.2 Å². The van der Waals surface area contributed by atoms with E-state index < -0.39 is 28.3 Å². The molecule has 0 amide bonds. The molecule has 0 saturated heterocycles. The average Bonchev–Trinajstić information content (AvgIpc) is 3.27. The highest BCUT2D eigenvalue weighted by molar-refractivity contribution is 7.92. The van der Waals surface area contributed by atoms with E-state index in [1.165, 1.54) is 18.2 Å². The lowest BCUT2D eigenvalue weighted by Gasteiger charge is -2.24. The number of aromatic amines is 1. The van der Waals surface area contributed by atoms with Gasteiger partial charge < -0.3 is 4.74 Å². The molecule has 36 heavy (non-hydrogen) atoms. The van der Waals surface area contributed by atoms with Gasteiger partial charge >= 0.3 is 11.7 Å². The summed E-state index contributed by atoms with van der Waals surface area (Å²) in [6, 6.07) is 14.1. The van der Waals surface area contributed by atoms with Crippen LogP contribution in [0.2, 0.25) is 10.0 Å². The summed E-state index contributed by atoms with van der Waals surface area (Å²) in [5.41, 5.74) is 0.854. The number of H-pyrrole nitrogens is 1. The molecule has 3 aromatic carbocycles. The number of carbonyl (C=O) groups is 1. The van der Waals surface area contributed by atoms with Gasteiger partial charge in [0.25, 0.3) is 10.0 Å². The number of ether oxygens (including phenoxy) is 1. The summed E-state index contributed by atoms with van der Waals surface area (Å²) in [5, 5.41) is 5.39. The van der Waals surface area contributed by atoms with E-state index in [1.54, 1.807) is 36.4 Å². The van der Waals surface area contributed by atoms with Crippen molar-refractivity contribution in [3.8, 4) is 11.4 Å². The van der Waals surface area contributed by atoms with Crippen LogP contribution in [0.1, 0.15) is 19.8 Å². The lowest BCUT2D eigenvalue weighted by Crippen LogP contribution is -2.36.